The fourth-order valence-corrected chi connectivity index (χ4v) is 2.87. The van der Waals surface area contributed by atoms with Gasteiger partial charge in [-0.25, -0.2) is 0 Å². The van der Waals surface area contributed by atoms with Gasteiger partial charge in [-0.15, -0.1) is 0 Å². The molecule has 1 aromatic rings. The second-order valence-electron chi connectivity index (χ2n) is 5.92. The van der Waals surface area contributed by atoms with Gasteiger partial charge in [-0.3, -0.25) is 24.6 Å². The van der Waals surface area contributed by atoms with E-state index >= 15 is 0 Å². The first-order valence-electron chi connectivity index (χ1n) is 7.40. The molecule has 0 unspecified atom stereocenters. The van der Waals surface area contributed by atoms with Crippen LogP contribution < -0.4 is 11.5 Å². The smallest absolute Gasteiger partial charge is 0.274 e. The lowest BCUT2D eigenvalue weighted by Crippen LogP contribution is -2.45. The monoisotopic (exact) mass is 320 g/mol. The van der Waals surface area contributed by atoms with Crippen LogP contribution in [0.2, 0.25) is 0 Å². The lowest BCUT2D eigenvalue weighted by atomic mass is 9.92. The van der Waals surface area contributed by atoms with Gasteiger partial charge < -0.3 is 11.5 Å². The van der Waals surface area contributed by atoms with Crippen molar-refractivity contribution in [2.75, 3.05) is 6.54 Å². The van der Waals surface area contributed by atoms with Crippen LogP contribution in [0.15, 0.2) is 18.2 Å². The SMILES string of the molecule is C[C@H]1CC[C@@H](C(N)=O)CN1Cc1ccc(C(N)=O)cc1[N+](=O)[O-]. The quantitative estimate of drug-likeness (QED) is 0.611. The van der Waals surface area contributed by atoms with Crippen molar-refractivity contribution in [3.05, 3.63) is 39.4 Å². The molecule has 2 atom stereocenters. The van der Waals surface area contributed by atoms with Crippen molar-refractivity contribution >= 4 is 17.5 Å². The molecule has 1 aliphatic heterocycles. The standard InChI is InChI=1S/C15H20N4O4/c1-9-2-3-12(15(17)21)8-18(9)7-11-5-4-10(14(16)20)6-13(11)19(22)23/h4-6,9,12H,2-3,7-8H2,1H3,(H2,16,20)(H2,17,21)/t9-,12+/m0/s1. The fraction of sp³-hybridized carbons (Fsp3) is 0.467. The maximum atomic E-state index is 11.4. The summed E-state index contributed by atoms with van der Waals surface area (Å²) in [6.45, 7) is 2.81. The number of nitro benzene ring substituents is 1. The molecule has 0 aliphatic carbocycles. The third kappa shape index (κ3) is 3.84. The van der Waals surface area contributed by atoms with E-state index < -0.39 is 10.8 Å². The summed E-state index contributed by atoms with van der Waals surface area (Å²) in [6, 6.07) is 4.41. The van der Waals surface area contributed by atoms with Gasteiger partial charge >= 0.3 is 0 Å². The number of likely N-dealkylation sites (tertiary alicyclic amines) is 1. The highest BCUT2D eigenvalue weighted by molar-refractivity contribution is 5.93. The number of amides is 2. The van der Waals surface area contributed by atoms with Crippen LogP contribution >= 0.6 is 0 Å². The molecule has 0 bridgehead atoms. The minimum Gasteiger partial charge on any atom is -0.369 e. The van der Waals surface area contributed by atoms with Gasteiger partial charge in [0, 0.05) is 36.3 Å². The Morgan fingerprint density at radius 1 is 1.35 bits per heavy atom. The highest BCUT2D eigenvalue weighted by atomic mass is 16.6. The number of nitrogens with two attached hydrogens (primary N) is 2. The molecule has 0 aromatic heterocycles. The zero-order chi connectivity index (χ0) is 17.1. The number of piperidine rings is 1. The summed E-state index contributed by atoms with van der Waals surface area (Å²) >= 11 is 0. The Kier molecular flexibility index (Phi) is 4.95. The number of rotatable bonds is 5. The topological polar surface area (TPSA) is 133 Å². The summed E-state index contributed by atoms with van der Waals surface area (Å²) in [6.07, 6.45) is 1.54. The highest BCUT2D eigenvalue weighted by Crippen LogP contribution is 2.27. The van der Waals surface area contributed by atoms with Crippen molar-refractivity contribution in [2.24, 2.45) is 17.4 Å². The Balaban J connectivity index is 2.26. The third-order valence-corrected chi connectivity index (χ3v) is 4.35. The minimum absolute atomic E-state index is 0.0992. The Labute approximate surface area is 133 Å². The summed E-state index contributed by atoms with van der Waals surface area (Å²) < 4.78 is 0. The van der Waals surface area contributed by atoms with E-state index in [2.05, 4.69) is 0 Å². The molecule has 8 nitrogen and oxygen atoms in total. The van der Waals surface area contributed by atoms with Crippen LogP contribution in [0.1, 0.15) is 35.7 Å². The first-order valence-corrected chi connectivity index (χ1v) is 7.40. The van der Waals surface area contributed by atoms with Crippen LogP contribution in [0.25, 0.3) is 0 Å². The summed E-state index contributed by atoms with van der Waals surface area (Å²) in [4.78, 5) is 35.3. The van der Waals surface area contributed by atoms with Gasteiger partial charge in [0.25, 0.3) is 5.69 Å². The molecule has 1 heterocycles. The van der Waals surface area contributed by atoms with Gasteiger partial charge in [0.2, 0.25) is 11.8 Å². The first-order chi connectivity index (χ1) is 10.8. The Morgan fingerprint density at radius 3 is 2.61 bits per heavy atom. The normalized spacial score (nSPS) is 21.8. The van der Waals surface area contributed by atoms with E-state index in [1.54, 1.807) is 6.07 Å². The molecule has 124 valence electrons. The summed E-state index contributed by atoms with van der Waals surface area (Å²) in [5.74, 6) is -1.30. The maximum Gasteiger partial charge on any atom is 0.274 e. The van der Waals surface area contributed by atoms with Crippen LogP contribution in [-0.4, -0.2) is 34.2 Å². The van der Waals surface area contributed by atoms with E-state index in [0.717, 1.165) is 12.8 Å². The van der Waals surface area contributed by atoms with Gasteiger partial charge in [0.15, 0.2) is 0 Å². The molecule has 8 heteroatoms. The van der Waals surface area contributed by atoms with Gasteiger partial charge in [0.1, 0.15) is 0 Å². The number of carbonyl (C=O) groups excluding carboxylic acids is 2. The van der Waals surface area contributed by atoms with E-state index in [9.17, 15) is 19.7 Å². The summed E-state index contributed by atoms with van der Waals surface area (Å²) in [7, 11) is 0. The molecule has 4 N–H and O–H groups in total. The molecule has 1 aliphatic rings. The molecule has 1 saturated heterocycles. The van der Waals surface area contributed by atoms with Crippen molar-refractivity contribution in [2.45, 2.75) is 32.4 Å². The molecule has 1 aromatic carbocycles. The van der Waals surface area contributed by atoms with Crippen LogP contribution in [0.3, 0.4) is 0 Å². The molecular formula is C15H20N4O4. The van der Waals surface area contributed by atoms with E-state index in [-0.39, 0.29) is 29.1 Å². The zero-order valence-electron chi connectivity index (χ0n) is 12.9. The molecule has 1 fully saturated rings. The zero-order valence-corrected chi connectivity index (χ0v) is 12.9. The summed E-state index contributed by atoms with van der Waals surface area (Å²) in [5.41, 5.74) is 11.0. The molecule has 0 spiro atoms. The van der Waals surface area contributed by atoms with Gasteiger partial charge in [0.05, 0.1) is 10.8 Å². The number of primary amides is 2. The second-order valence-corrected chi connectivity index (χ2v) is 5.92. The first kappa shape index (κ1) is 16.9. The number of nitrogens with zero attached hydrogens (tertiary/aromatic N) is 2. The van der Waals surface area contributed by atoms with E-state index in [0.29, 0.717) is 18.7 Å². The lowest BCUT2D eigenvalue weighted by molar-refractivity contribution is -0.385. The van der Waals surface area contributed by atoms with Crippen LogP contribution in [0.4, 0.5) is 5.69 Å². The van der Waals surface area contributed by atoms with E-state index in [1.807, 2.05) is 11.8 Å². The number of benzene rings is 1. The third-order valence-electron chi connectivity index (χ3n) is 4.35. The maximum absolute atomic E-state index is 11.4. The predicted octanol–water partition coefficient (Wildman–Crippen LogP) is 0.780. The molecule has 2 amide bonds. The molecular weight excluding hydrogens is 300 g/mol. The van der Waals surface area contributed by atoms with Crippen molar-refractivity contribution < 1.29 is 14.5 Å². The molecule has 0 saturated carbocycles. The highest BCUT2D eigenvalue weighted by Gasteiger charge is 2.30. The molecule has 23 heavy (non-hydrogen) atoms. The van der Waals surface area contributed by atoms with Crippen molar-refractivity contribution in [3.63, 3.8) is 0 Å². The van der Waals surface area contributed by atoms with Crippen LogP contribution in [0, 0.1) is 16.0 Å². The van der Waals surface area contributed by atoms with Gasteiger partial charge in [-0.05, 0) is 25.8 Å². The van der Waals surface area contributed by atoms with Crippen molar-refractivity contribution in [1.29, 1.82) is 0 Å². The molecule has 2 rings (SSSR count). The predicted molar refractivity (Wildman–Crippen MR) is 83.4 cm³/mol. The molecule has 0 radical (unpaired) electrons. The average molecular weight is 320 g/mol. The average Bonchev–Trinajstić information content (AvgIpc) is 2.49. The largest absolute Gasteiger partial charge is 0.369 e. The van der Waals surface area contributed by atoms with Crippen molar-refractivity contribution in [1.82, 2.24) is 4.90 Å². The van der Waals surface area contributed by atoms with Crippen LogP contribution in [0.5, 0.6) is 0 Å². The fourth-order valence-electron chi connectivity index (χ4n) is 2.87. The van der Waals surface area contributed by atoms with Gasteiger partial charge in [-0.2, -0.15) is 0 Å². The number of hydrogen-bond donors (Lipinski definition) is 2. The number of nitro groups is 1. The lowest BCUT2D eigenvalue weighted by Gasteiger charge is -2.36. The number of carbonyl (C=O) groups is 2. The Morgan fingerprint density at radius 2 is 2.04 bits per heavy atom. The van der Waals surface area contributed by atoms with E-state index in [1.165, 1.54) is 12.1 Å². The van der Waals surface area contributed by atoms with Gasteiger partial charge in [-0.1, -0.05) is 6.07 Å². The Hall–Kier alpha value is -2.48. The van der Waals surface area contributed by atoms with Crippen LogP contribution in [-0.2, 0) is 11.3 Å². The van der Waals surface area contributed by atoms with Crippen molar-refractivity contribution in [3.8, 4) is 0 Å². The number of hydrogen-bond acceptors (Lipinski definition) is 5. The Bertz CT molecular complexity index is 646. The second kappa shape index (κ2) is 6.74. The summed E-state index contributed by atoms with van der Waals surface area (Å²) in [5, 5.41) is 11.3. The van der Waals surface area contributed by atoms with E-state index in [4.69, 9.17) is 11.5 Å². The minimum atomic E-state index is -0.709.